The summed E-state index contributed by atoms with van der Waals surface area (Å²) in [5.41, 5.74) is 17.3. The third kappa shape index (κ3) is 7.22. The second kappa shape index (κ2) is 17.1. The first-order valence-corrected chi connectivity index (χ1v) is 23.7. The van der Waals surface area contributed by atoms with Gasteiger partial charge in [0.1, 0.15) is 0 Å². The van der Waals surface area contributed by atoms with E-state index < -0.39 is 0 Å². The summed E-state index contributed by atoms with van der Waals surface area (Å²) in [6.45, 7) is 4.76. The number of nitrogens with zero attached hydrogens (tertiary/aromatic N) is 1. The van der Waals surface area contributed by atoms with Crippen LogP contribution in [0.2, 0.25) is 0 Å². The number of rotatable bonds is 9. The van der Waals surface area contributed by atoms with Crippen LogP contribution in [0.3, 0.4) is 0 Å². The van der Waals surface area contributed by atoms with Gasteiger partial charge in [0.05, 0.1) is 6.04 Å². The highest BCUT2D eigenvalue weighted by atomic mass is 15.2. The zero-order chi connectivity index (χ0) is 43.0. The summed E-state index contributed by atoms with van der Waals surface area (Å²) in [6, 6.07) is 47.3. The molecule has 0 aliphatic heterocycles. The molecule has 0 heterocycles. The van der Waals surface area contributed by atoms with Gasteiger partial charge in [-0.15, -0.1) is 0 Å². The molecule has 0 radical (unpaired) electrons. The Morgan fingerprint density at radius 1 is 0.578 bits per heavy atom. The molecular weight excluding hydrogens is 771 g/mol. The standard InChI is InChI=1S/C63H57N/c1-44-16-14-25-55(40-44)63(54-23-10-5-11-24-54)60-27-13-12-26-58(60)59-43-53(32-38-61(59)63)51-22-15-21-50(42-51)52-33-39-62(45(2)41-52)64(56-34-28-48(29-35-56)46-17-6-3-7-18-46)57-36-30-49(31-37-57)47-19-8-4-9-20-47/h3-4,6-10,12-21,23-39,41-45,51,58,60,62H,5,11,22,40H2,1-2H3. The van der Waals surface area contributed by atoms with Crippen molar-refractivity contribution in [1.29, 1.82) is 0 Å². The van der Waals surface area contributed by atoms with Crippen molar-refractivity contribution in [3.63, 3.8) is 0 Å². The summed E-state index contributed by atoms with van der Waals surface area (Å²) in [5.74, 6) is 1.85. The van der Waals surface area contributed by atoms with Gasteiger partial charge in [0.2, 0.25) is 0 Å². The van der Waals surface area contributed by atoms with Gasteiger partial charge in [0, 0.05) is 34.5 Å². The van der Waals surface area contributed by atoms with Crippen molar-refractivity contribution >= 4 is 11.4 Å². The van der Waals surface area contributed by atoms with E-state index in [9.17, 15) is 0 Å². The number of benzene rings is 5. The Morgan fingerprint density at radius 3 is 1.91 bits per heavy atom. The molecule has 0 fully saturated rings. The predicted molar refractivity (Wildman–Crippen MR) is 271 cm³/mol. The smallest absolute Gasteiger partial charge is 0.0585 e. The van der Waals surface area contributed by atoms with E-state index >= 15 is 0 Å². The Bertz CT molecular complexity index is 2770. The van der Waals surface area contributed by atoms with Crippen LogP contribution in [-0.4, -0.2) is 6.04 Å². The SMILES string of the molecule is CC1C=CC=C(C2(C3=CCCC=C3)c3ccc(C4C=C(C5=CC(C)C(N(c6ccc(-c7ccccc7)cc6)c6ccc(-c7ccccc7)cc6)C=C5)C=CC4)cc3C3C=CC=CC32)C1. The summed E-state index contributed by atoms with van der Waals surface area (Å²) >= 11 is 0. The molecule has 5 aromatic carbocycles. The van der Waals surface area contributed by atoms with Gasteiger partial charge >= 0.3 is 0 Å². The van der Waals surface area contributed by atoms with Crippen LogP contribution < -0.4 is 4.90 Å². The maximum absolute atomic E-state index is 2.60. The van der Waals surface area contributed by atoms with E-state index in [0.29, 0.717) is 23.7 Å². The molecule has 1 heteroatoms. The first kappa shape index (κ1) is 40.1. The van der Waals surface area contributed by atoms with Crippen LogP contribution in [0.1, 0.15) is 68.1 Å². The van der Waals surface area contributed by atoms with Gasteiger partial charge in [-0.3, -0.25) is 0 Å². The third-order valence-electron chi connectivity index (χ3n) is 14.8. The Hall–Kier alpha value is -6.70. The highest BCUT2D eigenvalue weighted by Crippen LogP contribution is 2.62. The van der Waals surface area contributed by atoms with E-state index in [1.165, 1.54) is 67.0 Å². The molecule has 0 aromatic heterocycles. The second-order valence-electron chi connectivity index (χ2n) is 18.8. The molecule has 5 aromatic rings. The lowest BCUT2D eigenvalue weighted by atomic mass is 9.59. The average molecular weight is 828 g/mol. The highest BCUT2D eigenvalue weighted by Gasteiger charge is 2.54. The first-order chi connectivity index (χ1) is 31.5. The number of allylic oxidation sites excluding steroid dienone is 18. The Balaban J connectivity index is 0.908. The maximum atomic E-state index is 2.60. The van der Waals surface area contributed by atoms with Crippen molar-refractivity contribution in [2.24, 2.45) is 17.8 Å². The summed E-state index contributed by atoms with van der Waals surface area (Å²) in [7, 11) is 0. The van der Waals surface area contributed by atoms with E-state index in [1.54, 1.807) is 5.57 Å². The predicted octanol–water partition coefficient (Wildman–Crippen LogP) is 16.2. The van der Waals surface area contributed by atoms with Crippen LogP contribution in [0.4, 0.5) is 11.4 Å². The molecule has 64 heavy (non-hydrogen) atoms. The van der Waals surface area contributed by atoms with Gasteiger partial charge in [0.15, 0.2) is 0 Å². The van der Waals surface area contributed by atoms with Crippen molar-refractivity contribution in [3.8, 4) is 22.3 Å². The van der Waals surface area contributed by atoms with Crippen LogP contribution in [0.15, 0.2) is 247 Å². The minimum atomic E-state index is -0.144. The second-order valence-corrected chi connectivity index (χ2v) is 18.8. The largest absolute Gasteiger partial charge is 0.334 e. The van der Waals surface area contributed by atoms with E-state index in [4.69, 9.17) is 0 Å². The highest BCUT2D eigenvalue weighted by molar-refractivity contribution is 5.74. The lowest BCUT2D eigenvalue weighted by Gasteiger charge is -2.43. The molecule has 0 spiro atoms. The fourth-order valence-corrected chi connectivity index (χ4v) is 11.7. The average Bonchev–Trinajstić information content (AvgIpc) is 3.66. The monoisotopic (exact) mass is 827 g/mol. The van der Waals surface area contributed by atoms with Crippen LogP contribution in [0, 0.1) is 17.8 Å². The van der Waals surface area contributed by atoms with Gasteiger partial charge in [-0.05, 0) is 117 Å². The fraction of sp³-hybridized carbons (Fsp3) is 0.206. The molecular formula is C63H57N. The molecule has 11 rings (SSSR count). The molecule has 6 aliphatic rings. The lowest BCUT2D eigenvalue weighted by Crippen LogP contribution is -2.37. The summed E-state index contributed by atoms with van der Waals surface area (Å²) in [6.07, 6.45) is 43.2. The molecule has 314 valence electrons. The van der Waals surface area contributed by atoms with Crippen LogP contribution in [0.25, 0.3) is 22.3 Å². The summed E-state index contributed by atoms with van der Waals surface area (Å²) in [5, 5.41) is 0. The number of fused-ring (bicyclic) bond motifs is 3. The first-order valence-electron chi connectivity index (χ1n) is 23.7. The molecule has 6 aliphatic carbocycles. The Kier molecular flexibility index (Phi) is 10.7. The number of hydrogen-bond donors (Lipinski definition) is 0. The molecule has 0 N–H and O–H groups in total. The molecule has 7 atom stereocenters. The van der Waals surface area contributed by atoms with Gasteiger partial charge in [-0.2, -0.15) is 0 Å². The summed E-state index contributed by atoms with van der Waals surface area (Å²) in [4.78, 5) is 2.53. The zero-order valence-corrected chi connectivity index (χ0v) is 37.1. The lowest BCUT2D eigenvalue weighted by molar-refractivity contribution is 0.422. The van der Waals surface area contributed by atoms with Crippen molar-refractivity contribution in [2.45, 2.75) is 62.8 Å². The number of hydrogen-bond acceptors (Lipinski definition) is 1. The number of anilines is 2. The van der Waals surface area contributed by atoms with E-state index in [2.05, 4.69) is 243 Å². The zero-order valence-electron chi connectivity index (χ0n) is 37.1. The van der Waals surface area contributed by atoms with Crippen molar-refractivity contribution in [1.82, 2.24) is 0 Å². The van der Waals surface area contributed by atoms with E-state index in [0.717, 1.165) is 25.7 Å². The van der Waals surface area contributed by atoms with Gasteiger partial charge in [0.25, 0.3) is 0 Å². The van der Waals surface area contributed by atoms with E-state index in [-0.39, 0.29) is 17.4 Å². The molecule has 0 amide bonds. The van der Waals surface area contributed by atoms with Crippen LogP contribution >= 0.6 is 0 Å². The van der Waals surface area contributed by atoms with Gasteiger partial charge in [-0.1, -0.05) is 220 Å². The van der Waals surface area contributed by atoms with Crippen molar-refractivity contribution in [3.05, 3.63) is 264 Å². The van der Waals surface area contributed by atoms with Crippen molar-refractivity contribution in [2.75, 3.05) is 4.90 Å². The summed E-state index contributed by atoms with van der Waals surface area (Å²) < 4.78 is 0. The molecule has 0 saturated carbocycles. The molecule has 1 nitrogen and oxygen atoms in total. The third-order valence-corrected chi connectivity index (χ3v) is 14.8. The maximum Gasteiger partial charge on any atom is 0.0585 e. The Morgan fingerprint density at radius 2 is 1.25 bits per heavy atom. The quantitative estimate of drug-likeness (QED) is 0.143. The normalized spacial score (nSPS) is 26.4. The Labute approximate surface area is 381 Å². The molecule has 7 unspecified atom stereocenters. The van der Waals surface area contributed by atoms with Gasteiger partial charge in [-0.25, -0.2) is 0 Å². The topological polar surface area (TPSA) is 3.24 Å². The van der Waals surface area contributed by atoms with Gasteiger partial charge < -0.3 is 4.90 Å². The van der Waals surface area contributed by atoms with Crippen LogP contribution in [-0.2, 0) is 5.41 Å². The fourth-order valence-electron chi connectivity index (χ4n) is 11.7. The molecule has 0 saturated heterocycles. The van der Waals surface area contributed by atoms with E-state index in [1.807, 2.05) is 0 Å². The van der Waals surface area contributed by atoms with Crippen molar-refractivity contribution < 1.29 is 0 Å². The minimum Gasteiger partial charge on any atom is -0.334 e. The van der Waals surface area contributed by atoms with Crippen LogP contribution in [0.5, 0.6) is 0 Å². The molecule has 0 bridgehead atoms. The minimum absolute atomic E-state index is 0.144.